The van der Waals surface area contributed by atoms with Crippen LogP contribution in [0.15, 0.2) is 30.3 Å². The second kappa shape index (κ2) is 9.11. The van der Waals surface area contributed by atoms with Crippen LogP contribution in [0.4, 0.5) is 4.79 Å². The van der Waals surface area contributed by atoms with Crippen molar-refractivity contribution in [2.45, 2.75) is 58.1 Å². The Bertz CT molecular complexity index is 709. The summed E-state index contributed by atoms with van der Waals surface area (Å²) in [5.74, 6) is -0.661. The van der Waals surface area contributed by atoms with E-state index in [0.29, 0.717) is 19.3 Å². The second-order valence-electron chi connectivity index (χ2n) is 7.26. The van der Waals surface area contributed by atoms with E-state index >= 15 is 0 Å². The second-order valence-corrected chi connectivity index (χ2v) is 9.19. The minimum Gasteiger partial charge on any atom is -0.435 e. The molecule has 2 N–H and O–H groups in total. The van der Waals surface area contributed by atoms with Gasteiger partial charge in [-0.25, -0.2) is 4.79 Å². The molecule has 1 saturated heterocycles. The van der Waals surface area contributed by atoms with Crippen LogP contribution in [0.2, 0.25) is 0 Å². The fraction of sp³-hybridized carbons (Fsp3) is 0.579. The van der Waals surface area contributed by atoms with Gasteiger partial charge in [-0.3, -0.25) is 9.09 Å². The number of unbranched alkanes of at least 4 members (excludes halogenated alkanes) is 1. The van der Waals surface area contributed by atoms with E-state index in [4.69, 9.17) is 4.52 Å². The van der Waals surface area contributed by atoms with Crippen LogP contribution in [0, 0.1) is 0 Å². The van der Waals surface area contributed by atoms with Gasteiger partial charge in [0.2, 0.25) is 0 Å². The Morgan fingerprint density at radius 2 is 1.96 bits per heavy atom. The molecule has 2 rings (SSSR count). The number of quaternary nitrogens is 1. The van der Waals surface area contributed by atoms with Crippen molar-refractivity contribution in [3.8, 4) is 0 Å². The molecule has 8 heteroatoms. The van der Waals surface area contributed by atoms with E-state index in [1.807, 2.05) is 30.3 Å². The molecule has 0 radical (unpaired) electrons. The molecule has 0 saturated carbocycles. The fourth-order valence-electron chi connectivity index (χ4n) is 3.74. The molecule has 7 nitrogen and oxygen atoms in total. The van der Waals surface area contributed by atoms with Crippen molar-refractivity contribution in [3.63, 3.8) is 0 Å². The van der Waals surface area contributed by atoms with E-state index in [9.17, 15) is 24.2 Å². The predicted molar refractivity (Wildman–Crippen MR) is 101 cm³/mol. The molecule has 0 spiro atoms. The van der Waals surface area contributed by atoms with E-state index in [0.717, 1.165) is 18.4 Å². The zero-order valence-corrected chi connectivity index (χ0v) is 16.8. The first-order valence-corrected chi connectivity index (χ1v) is 11.1. The molecular weight excluding hydrogens is 369 g/mol. The summed E-state index contributed by atoms with van der Waals surface area (Å²) >= 11 is 0. The SMILES string of the molecule is CC(OP(=O)(O)CCCCc1ccccc1)C(=O)[N+]1(C(=O)O)CCC[C@H]1C. The van der Waals surface area contributed by atoms with Crippen molar-refractivity contribution in [2.75, 3.05) is 12.7 Å². The predicted octanol–water partition coefficient (Wildman–Crippen LogP) is 3.80. The molecule has 1 aliphatic rings. The lowest BCUT2D eigenvalue weighted by molar-refractivity contribution is -0.793. The number of carbonyl (C=O) groups excluding carboxylic acids is 1. The molecule has 1 aromatic rings. The standard InChI is InChI=1S/C19H28NO6P/c1-15-9-8-13-20(15,19(22)23)18(21)16(2)26-27(24,25)14-7-6-12-17-10-4-3-5-11-17/h3-5,10-11,15-16H,6-9,12-14H2,1-2H3,(H-,22,23,24,25)/p+1/t15-,16?,20?/m1/s1. The summed E-state index contributed by atoms with van der Waals surface area (Å²) in [6, 6.07) is 9.46. The molecule has 27 heavy (non-hydrogen) atoms. The topological polar surface area (TPSA) is 101 Å². The lowest BCUT2D eigenvalue weighted by Gasteiger charge is -2.32. The number of benzene rings is 1. The number of aryl methyl sites for hydroxylation is 1. The normalized spacial score (nSPS) is 25.7. The number of carboxylic acid groups (broad SMARTS) is 1. The Morgan fingerprint density at radius 3 is 2.52 bits per heavy atom. The van der Waals surface area contributed by atoms with Crippen LogP contribution in [-0.2, 0) is 20.3 Å². The van der Waals surface area contributed by atoms with E-state index in [1.54, 1.807) is 6.92 Å². The number of rotatable bonds is 8. The van der Waals surface area contributed by atoms with E-state index in [-0.39, 0.29) is 18.7 Å². The van der Waals surface area contributed by atoms with Crippen molar-refractivity contribution in [3.05, 3.63) is 35.9 Å². The largest absolute Gasteiger partial charge is 0.521 e. The first-order valence-electron chi connectivity index (χ1n) is 9.39. The summed E-state index contributed by atoms with van der Waals surface area (Å²) in [5.41, 5.74) is 1.16. The number of carbonyl (C=O) groups is 2. The number of hydrogen-bond acceptors (Lipinski definition) is 4. The van der Waals surface area contributed by atoms with Gasteiger partial charge in [-0.15, -0.1) is 0 Å². The van der Waals surface area contributed by atoms with E-state index in [2.05, 4.69) is 0 Å². The summed E-state index contributed by atoms with van der Waals surface area (Å²) in [6.07, 6.45) is 0.739. The molecule has 1 fully saturated rings. The minimum absolute atomic E-state index is 0.0555. The number of amides is 2. The highest BCUT2D eigenvalue weighted by molar-refractivity contribution is 7.52. The third-order valence-electron chi connectivity index (χ3n) is 5.29. The quantitative estimate of drug-likeness (QED) is 0.392. The highest BCUT2D eigenvalue weighted by Gasteiger charge is 2.55. The van der Waals surface area contributed by atoms with Gasteiger partial charge in [-0.1, -0.05) is 30.3 Å². The summed E-state index contributed by atoms with van der Waals surface area (Å²) in [7, 11) is -3.97. The first kappa shape index (κ1) is 21.8. The Hall–Kier alpha value is -1.53. The zero-order valence-electron chi connectivity index (χ0n) is 15.9. The van der Waals surface area contributed by atoms with Crippen molar-refractivity contribution in [1.82, 2.24) is 0 Å². The molecule has 0 aliphatic carbocycles. The van der Waals surface area contributed by atoms with Gasteiger partial charge in [0.25, 0.3) is 0 Å². The summed E-state index contributed by atoms with van der Waals surface area (Å²) in [5, 5.41) is 9.60. The van der Waals surface area contributed by atoms with Gasteiger partial charge >= 0.3 is 19.6 Å². The third kappa shape index (κ3) is 5.26. The average Bonchev–Trinajstić information content (AvgIpc) is 3.01. The number of likely N-dealkylation sites (tertiary alicyclic amines) is 1. The van der Waals surface area contributed by atoms with Crippen molar-refractivity contribution >= 4 is 19.6 Å². The van der Waals surface area contributed by atoms with Crippen LogP contribution in [0.1, 0.15) is 45.1 Å². The van der Waals surface area contributed by atoms with Crippen molar-refractivity contribution < 1.29 is 33.2 Å². The third-order valence-corrected chi connectivity index (χ3v) is 6.82. The van der Waals surface area contributed by atoms with Crippen molar-refractivity contribution in [2.24, 2.45) is 0 Å². The molecular formula is C19H29NO6P+. The van der Waals surface area contributed by atoms with Gasteiger partial charge in [0, 0.05) is 12.8 Å². The lowest BCUT2D eigenvalue weighted by atomic mass is 10.1. The number of nitrogens with zero attached hydrogens (tertiary/aromatic N) is 1. The van der Waals surface area contributed by atoms with Crippen LogP contribution in [0.5, 0.6) is 0 Å². The number of hydrogen-bond donors (Lipinski definition) is 2. The Balaban J connectivity index is 1.89. The highest BCUT2D eigenvalue weighted by Crippen LogP contribution is 2.45. The molecule has 4 atom stereocenters. The molecule has 3 unspecified atom stereocenters. The maximum atomic E-state index is 12.7. The maximum Gasteiger partial charge on any atom is 0.521 e. The molecule has 150 valence electrons. The smallest absolute Gasteiger partial charge is 0.435 e. The molecule has 2 amide bonds. The van der Waals surface area contributed by atoms with Crippen molar-refractivity contribution in [1.29, 1.82) is 0 Å². The van der Waals surface area contributed by atoms with E-state index < -0.39 is 30.2 Å². The summed E-state index contributed by atoms with van der Waals surface area (Å²) < 4.78 is 16.8. The van der Waals surface area contributed by atoms with Gasteiger partial charge in [0.15, 0.2) is 6.10 Å². The summed E-state index contributed by atoms with van der Waals surface area (Å²) in [4.78, 5) is 34.6. The van der Waals surface area contributed by atoms with E-state index in [1.165, 1.54) is 6.92 Å². The van der Waals surface area contributed by atoms with Gasteiger partial charge < -0.3 is 10.00 Å². The first-order chi connectivity index (χ1) is 12.7. The Labute approximate surface area is 160 Å². The van der Waals surface area contributed by atoms with Crippen LogP contribution < -0.4 is 0 Å². The van der Waals surface area contributed by atoms with Crippen LogP contribution in [0.3, 0.4) is 0 Å². The molecule has 0 bridgehead atoms. The van der Waals surface area contributed by atoms with Gasteiger partial charge in [-0.2, -0.15) is 9.28 Å². The fourth-order valence-corrected chi connectivity index (χ4v) is 5.05. The zero-order chi connectivity index (χ0) is 20.1. The van der Waals surface area contributed by atoms with Gasteiger partial charge in [0.05, 0.1) is 12.7 Å². The van der Waals surface area contributed by atoms with Crippen LogP contribution in [0.25, 0.3) is 0 Å². The van der Waals surface area contributed by atoms with Crippen LogP contribution >= 0.6 is 7.60 Å². The van der Waals surface area contributed by atoms with Gasteiger partial charge in [-0.05, 0) is 38.7 Å². The summed E-state index contributed by atoms with van der Waals surface area (Å²) in [6.45, 7) is 3.27. The average molecular weight is 398 g/mol. The minimum atomic E-state index is -3.97. The van der Waals surface area contributed by atoms with Crippen LogP contribution in [-0.4, -0.2) is 51.3 Å². The number of imide groups is 1. The molecule has 1 aliphatic heterocycles. The monoisotopic (exact) mass is 398 g/mol. The van der Waals surface area contributed by atoms with Gasteiger partial charge in [0.1, 0.15) is 6.04 Å². The molecule has 1 aromatic carbocycles. The molecule has 1 heterocycles. The Morgan fingerprint density at radius 1 is 1.30 bits per heavy atom. The maximum absolute atomic E-state index is 12.7. The lowest BCUT2D eigenvalue weighted by Crippen LogP contribution is -2.61. The highest BCUT2D eigenvalue weighted by atomic mass is 31.2. The molecule has 0 aromatic heterocycles. The Kier molecular flexibility index (Phi) is 7.34.